The zero-order valence-electron chi connectivity index (χ0n) is 15.9. The van der Waals surface area contributed by atoms with Crippen LogP contribution in [-0.2, 0) is 9.53 Å². The van der Waals surface area contributed by atoms with E-state index in [9.17, 15) is 9.18 Å². The molecule has 29 heavy (non-hydrogen) atoms. The van der Waals surface area contributed by atoms with Crippen LogP contribution in [0, 0.1) is 5.82 Å². The summed E-state index contributed by atoms with van der Waals surface area (Å²) in [6, 6.07) is 9.93. The van der Waals surface area contributed by atoms with Crippen molar-refractivity contribution >= 4 is 38.7 Å². The number of thiazole rings is 1. The Bertz CT molecular complexity index is 1080. The van der Waals surface area contributed by atoms with E-state index in [0.29, 0.717) is 24.6 Å². The number of esters is 1. The van der Waals surface area contributed by atoms with Crippen LogP contribution in [0.5, 0.6) is 11.5 Å². The second-order valence-corrected chi connectivity index (χ2v) is 7.53. The number of aromatic nitrogens is 1. The first kappa shape index (κ1) is 19.2. The van der Waals surface area contributed by atoms with E-state index in [1.165, 1.54) is 29.5 Å². The highest BCUT2D eigenvalue weighted by Crippen LogP contribution is 2.32. The maximum atomic E-state index is 13.3. The first-order valence-electron chi connectivity index (χ1n) is 8.97. The van der Waals surface area contributed by atoms with Crippen LogP contribution < -0.4 is 14.4 Å². The highest BCUT2D eigenvalue weighted by molar-refractivity contribution is 7.22. The Morgan fingerprint density at radius 3 is 2.72 bits per heavy atom. The Labute approximate surface area is 171 Å². The summed E-state index contributed by atoms with van der Waals surface area (Å²) in [7, 11) is 3.13. The van der Waals surface area contributed by atoms with E-state index in [4.69, 9.17) is 14.2 Å². The molecule has 150 valence electrons. The second kappa shape index (κ2) is 8.08. The number of hydrogen-bond donors (Lipinski definition) is 0. The fourth-order valence-corrected chi connectivity index (χ4v) is 4.02. The van der Waals surface area contributed by atoms with Crippen LogP contribution in [-0.4, -0.2) is 44.4 Å². The summed E-state index contributed by atoms with van der Waals surface area (Å²) in [5.74, 6) is 0.535. The van der Waals surface area contributed by atoms with Crippen LogP contribution in [0.15, 0.2) is 42.5 Å². The van der Waals surface area contributed by atoms with Crippen molar-refractivity contribution in [3.8, 4) is 11.5 Å². The van der Waals surface area contributed by atoms with E-state index in [2.05, 4.69) is 4.98 Å². The molecule has 0 amide bonds. The summed E-state index contributed by atoms with van der Waals surface area (Å²) >= 11 is 1.43. The van der Waals surface area contributed by atoms with Crippen molar-refractivity contribution in [2.24, 2.45) is 0 Å². The Morgan fingerprint density at radius 2 is 1.97 bits per heavy atom. The zero-order valence-corrected chi connectivity index (χ0v) is 16.7. The van der Waals surface area contributed by atoms with E-state index in [-0.39, 0.29) is 11.9 Å². The minimum atomic E-state index is -0.407. The predicted octanol–water partition coefficient (Wildman–Crippen LogP) is 3.90. The number of halogens is 1. The average molecular weight is 414 g/mol. The highest BCUT2D eigenvalue weighted by atomic mass is 32.1. The van der Waals surface area contributed by atoms with Crippen LogP contribution in [0.2, 0.25) is 0 Å². The molecular weight excluding hydrogens is 395 g/mol. The minimum absolute atomic E-state index is 0.193. The highest BCUT2D eigenvalue weighted by Gasteiger charge is 2.31. The molecule has 0 bridgehead atoms. The molecule has 0 atom stereocenters. The topological polar surface area (TPSA) is 60.9 Å². The van der Waals surface area contributed by atoms with E-state index < -0.39 is 5.97 Å². The summed E-state index contributed by atoms with van der Waals surface area (Å²) in [4.78, 5) is 18.6. The lowest BCUT2D eigenvalue weighted by Crippen LogP contribution is -2.52. The molecule has 8 heteroatoms. The van der Waals surface area contributed by atoms with Gasteiger partial charge in [0.05, 0.1) is 37.5 Å². The summed E-state index contributed by atoms with van der Waals surface area (Å²) in [5.41, 5.74) is 1.57. The van der Waals surface area contributed by atoms with Gasteiger partial charge in [0, 0.05) is 6.08 Å². The number of carbonyl (C=O) groups excluding carboxylic acids is 1. The van der Waals surface area contributed by atoms with Crippen molar-refractivity contribution in [3.05, 3.63) is 53.9 Å². The summed E-state index contributed by atoms with van der Waals surface area (Å²) in [6.45, 7) is 1.14. The van der Waals surface area contributed by atoms with Gasteiger partial charge in [-0.15, -0.1) is 0 Å². The van der Waals surface area contributed by atoms with Crippen LogP contribution >= 0.6 is 11.3 Å². The lowest BCUT2D eigenvalue weighted by molar-refractivity contribution is -0.143. The molecule has 6 nitrogen and oxygen atoms in total. The Balaban J connectivity index is 1.31. The van der Waals surface area contributed by atoms with Gasteiger partial charge in [-0.05, 0) is 42.0 Å². The van der Waals surface area contributed by atoms with Crippen molar-refractivity contribution in [1.82, 2.24) is 4.98 Å². The van der Waals surface area contributed by atoms with E-state index >= 15 is 0 Å². The molecule has 2 aromatic carbocycles. The Kier molecular flexibility index (Phi) is 5.35. The fourth-order valence-electron chi connectivity index (χ4n) is 3.01. The number of fused-ring (bicyclic) bond motifs is 1. The molecule has 0 aliphatic carbocycles. The number of nitrogens with zero attached hydrogens (tertiary/aromatic N) is 2. The quantitative estimate of drug-likeness (QED) is 0.450. The van der Waals surface area contributed by atoms with Gasteiger partial charge in [0.2, 0.25) is 0 Å². The molecule has 2 heterocycles. The molecule has 1 aliphatic heterocycles. The zero-order chi connectivity index (χ0) is 20.4. The lowest BCUT2D eigenvalue weighted by atomic mass is 10.2. The van der Waals surface area contributed by atoms with Crippen molar-refractivity contribution in [2.75, 3.05) is 32.2 Å². The van der Waals surface area contributed by atoms with E-state index in [1.54, 1.807) is 38.5 Å². The van der Waals surface area contributed by atoms with Crippen LogP contribution in [0.3, 0.4) is 0 Å². The molecule has 1 saturated heterocycles. The minimum Gasteiger partial charge on any atom is -0.493 e. The summed E-state index contributed by atoms with van der Waals surface area (Å²) in [5, 5.41) is 0.804. The number of rotatable bonds is 6. The first-order valence-corrected chi connectivity index (χ1v) is 9.79. The van der Waals surface area contributed by atoms with Gasteiger partial charge in [-0.1, -0.05) is 17.4 Å². The van der Waals surface area contributed by atoms with Gasteiger partial charge in [-0.3, -0.25) is 0 Å². The van der Waals surface area contributed by atoms with Crippen LogP contribution in [0.1, 0.15) is 5.56 Å². The van der Waals surface area contributed by atoms with Gasteiger partial charge < -0.3 is 19.1 Å². The monoisotopic (exact) mass is 414 g/mol. The Morgan fingerprint density at radius 1 is 1.17 bits per heavy atom. The number of methoxy groups -OCH3 is 2. The molecule has 0 spiro atoms. The smallest absolute Gasteiger partial charge is 0.331 e. The first-order chi connectivity index (χ1) is 14.1. The maximum absolute atomic E-state index is 13.3. The molecular formula is C21H19FN2O4S. The molecule has 3 aromatic rings. The van der Waals surface area contributed by atoms with Crippen LogP contribution in [0.25, 0.3) is 16.3 Å². The molecule has 0 radical (unpaired) electrons. The Hall–Kier alpha value is -3.13. The maximum Gasteiger partial charge on any atom is 0.331 e. The largest absolute Gasteiger partial charge is 0.493 e. The summed E-state index contributed by atoms with van der Waals surface area (Å²) < 4.78 is 30.0. The molecule has 4 rings (SSSR count). The van der Waals surface area contributed by atoms with Crippen molar-refractivity contribution < 1.29 is 23.4 Å². The third-order valence-electron chi connectivity index (χ3n) is 4.56. The van der Waals surface area contributed by atoms with Gasteiger partial charge in [0.1, 0.15) is 11.9 Å². The normalized spacial score (nSPS) is 14.2. The average Bonchev–Trinajstić information content (AvgIpc) is 3.10. The standard InChI is InChI=1S/C21H19FN2O4S/c1-26-17-7-3-13(9-18(17)27-2)4-8-20(25)28-15-11-24(12-15)21-23-16-6-5-14(22)10-19(16)29-21/h3-10,15H,11-12H2,1-2H3/b8-4+. The third-order valence-corrected chi connectivity index (χ3v) is 5.64. The molecule has 1 aliphatic rings. The van der Waals surface area contributed by atoms with E-state index in [1.807, 2.05) is 11.0 Å². The van der Waals surface area contributed by atoms with Crippen molar-refractivity contribution in [1.29, 1.82) is 0 Å². The van der Waals surface area contributed by atoms with Gasteiger partial charge in [0.25, 0.3) is 0 Å². The number of benzene rings is 2. The molecule has 0 unspecified atom stereocenters. The van der Waals surface area contributed by atoms with Gasteiger partial charge in [-0.2, -0.15) is 0 Å². The summed E-state index contributed by atoms with van der Waals surface area (Å²) in [6.07, 6.45) is 2.87. The number of hydrogen-bond acceptors (Lipinski definition) is 7. The van der Waals surface area contributed by atoms with E-state index in [0.717, 1.165) is 20.9 Å². The predicted molar refractivity (Wildman–Crippen MR) is 110 cm³/mol. The molecule has 1 aromatic heterocycles. The van der Waals surface area contributed by atoms with Gasteiger partial charge in [-0.25, -0.2) is 14.2 Å². The fraction of sp³-hybridized carbons (Fsp3) is 0.238. The number of carbonyl (C=O) groups is 1. The lowest BCUT2D eigenvalue weighted by Gasteiger charge is -2.37. The van der Waals surface area contributed by atoms with Crippen molar-refractivity contribution in [3.63, 3.8) is 0 Å². The number of anilines is 1. The SMILES string of the molecule is COc1ccc(/C=C/C(=O)OC2CN(c3nc4ccc(F)cc4s3)C2)cc1OC. The third kappa shape index (κ3) is 4.17. The molecule has 1 fully saturated rings. The molecule has 0 N–H and O–H groups in total. The van der Waals surface area contributed by atoms with Gasteiger partial charge in [0.15, 0.2) is 16.6 Å². The van der Waals surface area contributed by atoms with Gasteiger partial charge >= 0.3 is 5.97 Å². The molecule has 0 saturated carbocycles. The number of ether oxygens (including phenoxy) is 3. The van der Waals surface area contributed by atoms with Crippen LogP contribution in [0.4, 0.5) is 9.52 Å². The second-order valence-electron chi connectivity index (χ2n) is 6.52. The van der Waals surface area contributed by atoms with Crippen molar-refractivity contribution in [2.45, 2.75) is 6.10 Å².